The van der Waals surface area contributed by atoms with Crippen molar-refractivity contribution in [2.45, 2.75) is 39.5 Å². The molecule has 7 heteroatoms. The van der Waals surface area contributed by atoms with E-state index in [9.17, 15) is 23.1 Å². The summed E-state index contributed by atoms with van der Waals surface area (Å²) in [4.78, 5) is 25.2. The lowest BCUT2D eigenvalue weighted by Gasteiger charge is -2.29. The second-order valence-corrected chi connectivity index (χ2v) is 7.66. The Bertz CT molecular complexity index is 467. The highest BCUT2D eigenvalue weighted by Gasteiger charge is 2.38. The molecule has 6 nitrogen and oxygen atoms in total. The summed E-state index contributed by atoms with van der Waals surface area (Å²) in [6.07, 6.45) is 1.13. The Hall–Kier alpha value is -1.11. The highest BCUT2D eigenvalue weighted by atomic mass is 32.2. The Labute approximate surface area is 120 Å². The molecule has 0 radical (unpaired) electrons. The van der Waals surface area contributed by atoms with E-state index in [0.29, 0.717) is 25.8 Å². The zero-order chi connectivity index (χ0) is 15.4. The quantitative estimate of drug-likeness (QED) is 0.815. The Kier molecular flexibility index (Phi) is 5.56. The Morgan fingerprint density at radius 2 is 1.75 bits per heavy atom. The lowest BCUT2D eigenvalue weighted by atomic mass is 9.79. The molecule has 0 aromatic rings. The van der Waals surface area contributed by atoms with Gasteiger partial charge in [0.25, 0.3) is 0 Å². The third kappa shape index (κ3) is 3.94. The van der Waals surface area contributed by atoms with Gasteiger partial charge in [0, 0.05) is 19.5 Å². The van der Waals surface area contributed by atoms with Crippen molar-refractivity contribution in [3.8, 4) is 0 Å². The second kappa shape index (κ2) is 6.56. The van der Waals surface area contributed by atoms with Crippen LogP contribution in [0.4, 0.5) is 0 Å². The Balaban J connectivity index is 2.77. The zero-order valence-corrected chi connectivity index (χ0v) is 12.9. The molecular weight excluding hydrogens is 282 g/mol. The van der Waals surface area contributed by atoms with Gasteiger partial charge in [-0.05, 0) is 19.3 Å². The number of carbonyl (C=O) groups excluding carboxylic acids is 1. The van der Waals surface area contributed by atoms with Crippen molar-refractivity contribution in [1.82, 2.24) is 4.90 Å². The molecule has 0 aromatic carbocycles. The Morgan fingerprint density at radius 1 is 1.15 bits per heavy atom. The summed E-state index contributed by atoms with van der Waals surface area (Å²) in [5, 5.41) is 9.34. The van der Waals surface area contributed by atoms with Gasteiger partial charge < -0.3 is 10.0 Å². The van der Waals surface area contributed by atoms with Gasteiger partial charge in [0.05, 0.1) is 16.9 Å². The van der Waals surface area contributed by atoms with E-state index in [0.717, 1.165) is 0 Å². The summed E-state index contributed by atoms with van der Waals surface area (Å²) in [6.45, 7) is 4.08. The highest BCUT2D eigenvalue weighted by Crippen LogP contribution is 2.31. The first kappa shape index (κ1) is 16.9. The predicted octanol–water partition coefficient (Wildman–Crippen LogP) is 0.915. The molecule has 116 valence electrons. The number of hydrogen-bond acceptors (Lipinski definition) is 4. The molecule has 0 aromatic heterocycles. The summed E-state index contributed by atoms with van der Waals surface area (Å²) < 4.78 is 23.0. The predicted molar refractivity (Wildman–Crippen MR) is 75.1 cm³/mol. The van der Waals surface area contributed by atoms with Gasteiger partial charge in [0.15, 0.2) is 9.84 Å². The van der Waals surface area contributed by atoms with Crippen molar-refractivity contribution in [1.29, 1.82) is 0 Å². The molecule has 1 heterocycles. The minimum atomic E-state index is -3.07. The van der Waals surface area contributed by atoms with Gasteiger partial charge in [-0.25, -0.2) is 8.42 Å². The average molecular weight is 305 g/mol. The van der Waals surface area contributed by atoms with Crippen molar-refractivity contribution in [2.75, 3.05) is 24.6 Å². The van der Waals surface area contributed by atoms with Gasteiger partial charge in [-0.3, -0.25) is 9.59 Å². The average Bonchev–Trinajstić information content (AvgIpc) is 2.56. The Morgan fingerprint density at radius 3 is 2.25 bits per heavy atom. The van der Waals surface area contributed by atoms with Crippen molar-refractivity contribution in [3.05, 3.63) is 0 Å². The maximum atomic E-state index is 12.3. The lowest BCUT2D eigenvalue weighted by molar-refractivity contribution is -0.154. The van der Waals surface area contributed by atoms with Gasteiger partial charge in [0.1, 0.15) is 0 Å². The molecule has 1 aliphatic heterocycles. The van der Waals surface area contributed by atoms with E-state index in [1.807, 2.05) is 0 Å². The number of hydrogen-bond donors (Lipinski definition) is 1. The fourth-order valence-corrected chi connectivity index (χ4v) is 3.74. The van der Waals surface area contributed by atoms with Crippen LogP contribution in [-0.2, 0) is 19.4 Å². The van der Waals surface area contributed by atoms with Crippen molar-refractivity contribution < 1.29 is 23.1 Å². The molecule has 20 heavy (non-hydrogen) atoms. The number of carbonyl (C=O) groups is 2. The largest absolute Gasteiger partial charge is 0.481 e. The zero-order valence-electron chi connectivity index (χ0n) is 12.1. The molecule has 0 saturated carbocycles. The summed E-state index contributed by atoms with van der Waals surface area (Å²) in [6, 6.07) is 0. The molecule has 1 amide bonds. The van der Waals surface area contributed by atoms with Crippen LogP contribution in [-0.4, -0.2) is 54.9 Å². The number of nitrogens with zero attached hydrogens (tertiary/aromatic N) is 1. The normalized spacial score (nSPS) is 19.4. The van der Waals surface area contributed by atoms with Crippen LogP contribution in [0.25, 0.3) is 0 Å². The molecule has 1 saturated heterocycles. The number of amides is 1. The lowest BCUT2D eigenvalue weighted by Crippen LogP contribution is -2.40. The molecule has 0 bridgehead atoms. The molecule has 1 fully saturated rings. The third-order valence-electron chi connectivity index (χ3n) is 4.21. The van der Waals surface area contributed by atoms with E-state index in [1.54, 1.807) is 13.8 Å². The van der Waals surface area contributed by atoms with Crippen LogP contribution in [0.3, 0.4) is 0 Å². The highest BCUT2D eigenvalue weighted by molar-refractivity contribution is 7.91. The van der Waals surface area contributed by atoms with Gasteiger partial charge in [-0.15, -0.1) is 0 Å². The van der Waals surface area contributed by atoms with E-state index in [1.165, 1.54) is 4.90 Å². The summed E-state index contributed by atoms with van der Waals surface area (Å²) >= 11 is 0. The number of aliphatic carboxylic acids is 1. The maximum Gasteiger partial charge on any atom is 0.310 e. The fourth-order valence-electron chi connectivity index (χ4n) is 2.47. The van der Waals surface area contributed by atoms with Crippen LogP contribution in [0.5, 0.6) is 0 Å². The van der Waals surface area contributed by atoms with Crippen molar-refractivity contribution >= 4 is 21.7 Å². The molecular formula is C13H23NO5S. The molecule has 0 unspecified atom stereocenters. The first-order valence-electron chi connectivity index (χ1n) is 6.98. The van der Waals surface area contributed by atoms with Crippen molar-refractivity contribution in [3.63, 3.8) is 0 Å². The SMILES string of the molecule is CCC(CC)(CC(=O)N1CCCS(=O)(=O)CC1)C(=O)O. The van der Waals surface area contributed by atoms with Gasteiger partial charge in [-0.2, -0.15) is 0 Å². The van der Waals surface area contributed by atoms with Crippen LogP contribution in [0.2, 0.25) is 0 Å². The maximum absolute atomic E-state index is 12.3. The van der Waals surface area contributed by atoms with Crippen molar-refractivity contribution in [2.24, 2.45) is 5.41 Å². The molecule has 0 aliphatic carbocycles. The van der Waals surface area contributed by atoms with E-state index < -0.39 is 21.2 Å². The summed E-state index contributed by atoms with van der Waals surface area (Å²) in [5.74, 6) is -1.15. The second-order valence-electron chi connectivity index (χ2n) is 5.36. The summed E-state index contributed by atoms with van der Waals surface area (Å²) in [5.41, 5.74) is -1.04. The first-order valence-corrected chi connectivity index (χ1v) is 8.80. The van der Waals surface area contributed by atoms with E-state index >= 15 is 0 Å². The minimum Gasteiger partial charge on any atom is -0.481 e. The van der Waals surface area contributed by atoms with Gasteiger partial charge >= 0.3 is 5.97 Å². The van der Waals surface area contributed by atoms with E-state index in [4.69, 9.17) is 0 Å². The molecule has 0 spiro atoms. The monoisotopic (exact) mass is 305 g/mol. The number of carboxylic acid groups (broad SMARTS) is 1. The minimum absolute atomic E-state index is 0.0307. The van der Waals surface area contributed by atoms with E-state index in [-0.39, 0.29) is 30.4 Å². The fraction of sp³-hybridized carbons (Fsp3) is 0.846. The van der Waals surface area contributed by atoms with Gasteiger partial charge in [0.2, 0.25) is 5.91 Å². The smallest absolute Gasteiger partial charge is 0.310 e. The van der Waals surface area contributed by atoms with Crippen LogP contribution in [0, 0.1) is 5.41 Å². The first-order chi connectivity index (χ1) is 9.26. The third-order valence-corrected chi connectivity index (χ3v) is 5.92. The molecule has 1 rings (SSSR count). The number of carboxylic acids is 1. The van der Waals surface area contributed by atoms with Crippen LogP contribution >= 0.6 is 0 Å². The molecule has 0 atom stereocenters. The number of sulfone groups is 1. The van der Waals surface area contributed by atoms with Crippen LogP contribution in [0.1, 0.15) is 39.5 Å². The molecule has 1 aliphatic rings. The van der Waals surface area contributed by atoms with Gasteiger partial charge in [-0.1, -0.05) is 13.8 Å². The molecule has 1 N–H and O–H groups in total. The van der Waals surface area contributed by atoms with Crippen LogP contribution in [0.15, 0.2) is 0 Å². The standard InChI is InChI=1S/C13H23NO5S/c1-3-13(4-2,12(16)17)10-11(15)14-6-5-8-20(18,19)9-7-14/h3-10H2,1-2H3,(H,16,17). The van der Waals surface area contributed by atoms with Crippen LogP contribution < -0.4 is 0 Å². The van der Waals surface area contributed by atoms with E-state index in [2.05, 4.69) is 0 Å². The topological polar surface area (TPSA) is 91.8 Å². The number of rotatable bonds is 5. The summed E-state index contributed by atoms with van der Waals surface area (Å²) in [7, 11) is -3.07.